The largest absolute Gasteiger partial charge is 0.462 e. The number of nitrogens with zero attached hydrogens (tertiary/aromatic N) is 3. The first-order chi connectivity index (χ1) is 24.4. The van der Waals surface area contributed by atoms with Crippen molar-refractivity contribution in [1.29, 1.82) is 0 Å². The fourth-order valence-electron chi connectivity index (χ4n) is 6.49. The molecule has 3 atom stereocenters. The molecule has 3 amide bonds. The molecule has 10 nitrogen and oxygen atoms in total. The number of halogens is 3. The lowest BCUT2D eigenvalue weighted by molar-refractivity contribution is -0.137. The van der Waals surface area contributed by atoms with Crippen molar-refractivity contribution in [2.24, 2.45) is 5.92 Å². The number of imide groups is 1. The van der Waals surface area contributed by atoms with Crippen LogP contribution in [0.1, 0.15) is 53.1 Å². The van der Waals surface area contributed by atoms with E-state index in [0.29, 0.717) is 31.6 Å². The van der Waals surface area contributed by atoms with Crippen molar-refractivity contribution in [3.63, 3.8) is 0 Å². The topological polar surface area (TPSA) is 118 Å². The molecule has 2 aliphatic rings. The van der Waals surface area contributed by atoms with E-state index in [0.717, 1.165) is 54.0 Å². The zero-order chi connectivity index (χ0) is 36.6. The van der Waals surface area contributed by atoms with Crippen LogP contribution in [0.3, 0.4) is 0 Å². The summed E-state index contributed by atoms with van der Waals surface area (Å²) in [7, 11) is 0. The first-order valence-electron chi connectivity index (χ1n) is 16.2. The second-order valence-corrected chi connectivity index (χ2v) is 13.9. The number of aromatic nitrogens is 1. The summed E-state index contributed by atoms with van der Waals surface area (Å²) in [6.07, 6.45) is -4.83. The van der Waals surface area contributed by atoms with Gasteiger partial charge in [-0.25, -0.2) is 9.69 Å². The van der Waals surface area contributed by atoms with Crippen LogP contribution in [0, 0.1) is 5.92 Å². The van der Waals surface area contributed by atoms with E-state index in [1.165, 1.54) is 41.0 Å². The molecule has 1 aromatic heterocycles. The maximum atomic E-state index is 14.2. The summed E-state index contributed by atoms with van der Waals surface area (Å²) < 4.78 is 48.5. The van der Waals surface area contributed by atoms with Gasteiger partial charge in [-0.15, -0.1) is 0 Å². The highest BCUT2D eigenvalue weighted by atomic mass is 32.2. The highest BCUT2D eigenvalue weighted by Crippen LogP contribution is 2.54. The summed E-state index contributed by atoms with van der Waals surface area (Å²) in [5.41, 5.74) is 0.503. The Morgan fingerprint density at radius 2 is 1.57 bits per heavy atom. The van der Waals surface area contributed by atoms with Crippen molar-refractivity contribution >= 4 is 63.9 Å². The van der Waals surface area contributed by atoms with Gasteiger partial charge in [0, 0.05) is 35.3 Å². The summed E-state index contributed by atoms with van der Waals surface area (Å²) >= 11 is 1.75. The molecule has 266 valence electrons. The Balaban J connectivity index is 1.38. The molecular formula is C36H33F3N4O6S2. The lowest BCUT2D eigenvalue weighted by Gasteiger charge is -2.31. The predicted molar refractivity (Wildman–Crippen MR) is 189 cm³/mol. The normalized spacial score (nSPS) is 18.3. The Labute approximate surface area is 299 Å². The van der Waals surface area contributed by atoms with Crippen LogP contribution in [0.2, 0.25) is 0 Å². The van der Waals surface area contributed by atoms with Crippen molar-refractivity contribution in [3.8, 4) is 0 Å². The molecule has 0 bridgehead atoms. The molecule has 3 aromatic carbocycles. The average Bonchev–Trinajstić information content (AvgIpc) is 3.55. The Morgan fingerprint density at radius 1 is 0.902 bits per heavy atom. The molecule has 0 spiro atoms. The van der Waals surface area contributed by atoms with Crippen molar-refractivity contribution in [2.45, 2.75) is 49.7 Å². The number of esters is 1. The summed E-state index contributed by atoms with van der Waals surface area (Å²) in [6, 6.07) is 17.8. The van der Waals surface area contributed by atoms with E-state index in [-0.39, 0.29) is 6.61 Å². The number of ether oxygens (including phenoxy) is 1. The quantitative estimate of drug-likeness (QED) is 0.147. The molecular weight excluding hydrogens is 706 g/mol. The number of carbonyl (C=O) groups excluding carboxylic acids is 4. The van der Waals surface area contributed by atoms with E-state index >= 15 is 0 Å². The molecule has 0 unspecified atom stereocenters. The monoisotopic (exact) mass is 738 g/mol. The zero-order valence-corrected chi connectivity index (χ0v) is 29.4. The molecule has 0 aliphatic carbocycles. The van der Waals surface area contributed by atoms with Gasteiger partial charge in [-0.05, 0) is 74.9 Å². The number of hydrogen-bond acceptors (Lipinski definition) is 9. The molecule has 1 N–H and O–H groups in total. The molecule has 0 radical (unpaired) electrons. The third-order valence-electron chi connectivity index (χ3n) is 8.86. The molecule has 2 aliphatic heterocycles. The van der Waals surface area contributed by atoms with Gasteiger partial charge in [-0.1, -0.05) is 47.4 Å². The Hall–Kier alpha value is -4.89. The van der Waals surface area contributed by atoms with Gasteiger partial charge in [0.05, 0.1) is 34.4 Å². The average molecular weight is 739 g/mol. The standard InChI is InChI=1S/C36H33F3N4O6S2/c1-4-41(5-2)23-17-13-20(14-18-23)27-28-29(32(46)43(31(28)45)25-10-8-7-9-24(25)36(37,38)39)50-33-30(27)51-35(48)42(33)19-26(44)40-22-15-11-21(12-16-22)34(47)49-6-3/h7-18,27-29H,4-6,19H2,1-3H3,(H,40,44)/t27-,28-,29+/m0/s1. The van der Waals surface area contributed by atoms with Gasteiger partial charge in [-0.2, -0.15) is 13.2 Å². The van der Waals surface area contributed by atoms with Crippen molar-refractivity contribution in [2.75, 3.05) is 34.8 Å². The minimum atomic E-state index is -4.83. The van der Waals surface area contributed by atoms with E-state index in [1.54, 1.807) is 19.1 Å². The summed E-state index contributed by atoms with van der Waals surface area (Å²) in [4.78, 5) is 69.7. The fourth-order valence-corrected chi connectivity index (χ4v) is 9.26. The Bertz CT molecular complexity index is 2040. The molecule has 3 heterocycles. The number of thioether (sulfide) groups is 1. The summed E-state index contributed by atoms with van der Waals surface area (Å²) in [5, 5.41) is 1.82. The molecule has 51 heavy (non-hydrogen) atoms. The van der Waals surface area contributed by atoms with Gasteiger partial charge in [-0.3, -0.25) is 23.7 Å². The number of thiazole rings is 1. The molecule has 0 saturated carbocycles. The van der Waals surface area contributed by atoms with Gasteiger partial charge < -0.3 is 15.0 Å². The number of para-hydroxylation sites is 1. The lowest BCUT2D eigenvalue weighted by atomic mass is 9.83. The number of fused-ring (bicyclic) bond motifs is 2. The minimum Gasteiger partial charge on any atom is -0.462 e. The van der Waals surface area contributed by atoms with Gasteiger partial charge in [0.2, 0.25) is 17.7 Å². The minimum absolute atomic E-state index is 0.206. The first kappa shape index (κ1) is 35.9. The van der Waals surface area contributed by atoms with Crippen molar-refractivity contribution < 1.29 is 37.1 Å². The van der Waals surface area contributed by atoms with Gasteiger partial charge >= 0.3 is 17.0 Å². The van der Waals surface area contributed by atoms with Crippen molar-refractivity contribution in [1.82, 2.24) is 4.57 Å². The smallest absolute Gasteiger partial charge is 0.418 e. The number of rotatable bonds is 10. The van der Waals surface area contributed by atoms with E-state index < -0.39 is 69.6 Å². The Kier molecular flexibility index (Phi) is 10.1. The number of benzene rings is 3. The predicted octanol–water partition coefficient (Wildman–Crippen LogP) is 6.39. The van der Waals surface area contributed by atoms with Crippen molar-refractivity contribution in [3.05, 3.63) is 104 Å². The number of anilines is 3. The summed E-state index contributed by atoms with van der Waals surface area (Å²) in [6.45, 7) is 6.96. The maximum Gasteiger partial charge on any atom is 0.418 e. The SMILES string of the molecule is CCOC(=O)c1ccc(NC(=O)Cn2c3c(sc2=O)[C@@H](c2ccc(N(CC)CC)cc2)[C@@H]2C(=O)N(c4ccccc4C(F)(F)F)C(=O)[C@@H]2S3)cc1. The maximum absolute atomic E-state index is 14.2. The van der Waals surface area contributed by atoms with Crippen LogP contribution < -0.4 is 20.0 Å². The van der Waals surface area contributed by atoms with Crippen LogP contribution >= 0.6 is 23.1 Å². The first-order valence-corrected chi connectivity index (χ1v) is 17.9. The summed E-state index contributed by atoms with van der Waals surface area (Å²) in [5.74, 6) is -4.69. The van der Waals surface area contributed by atoms with E-state index in [2.05, 4.69) is 10.2 Å². The highest BCUT2D eigenvalue weighted by Gasteiger charge is 2.57. The van der Waals surface area contributed by atoms with Gasteiger partial charge in [0.15, 0.2) is 0 Å². The third-order valence-corrected chi connectivity index (χ3v) is 11.5. The van der Waals surface area contributed by atoms with E-state index in [4.69, 9.17) is 4.74 Å². The van der Waals surface area contributed by atoms with Gasteiger partial charge in [0.25, 0.3) is 0 Å². The van der Waals surface area contributed by atoms with Crippen LogP contribution in [0.4, 0.5) is 30.2 Å². The second-order valence-electron chi connectivity index (χ2n) is 11.8. The highest BCUT2D eigenvalue weighted by molar-refractivity contribution is 8.00. The number of hydrogen-bond donors (Lipinski definition) is 1. The van der Waals surface area contributed by atoms with Crippen LogP contribution in [-0.4, -0.2) is 53.2 Å². The van der Waals surface area contributed by atoms with Crippen LogP contribution in [0.5, 0.6) is 0 Å². The molecule has 4 aromatic rings. The van der Waals surface area contributed by atoms with E-state index in [9.17, 15) is 37.1 Å². The molecule has 15 heteroatoms. The van der Waals surface area contributed by atoms with Crippen LogP contribution in [0.25, 0.3) is 0 Å². The zero-order valence-electron chi connectivity index (χ0n) is 27.7. The van der Waals surface area contributed by atoms with Gasteiger partial charge in [0.1, 0.15) is 11.8 Å². The Morgan fingerprint density at radius 3 is 2.20 bits per heavy atom. The number of carbonyl (C=O) groups is 4. The van der Waals surface area contributed by atoms with E-state index in [1.807, 2.05) is 26.0 Å². The fraction of sp³-hybridized carbons (Fsp3) is 0.306. The molecule has 1 saturated heterocycles. The van der Waals surface area contributed by atoms with Crippen LogP contribution in [0.15, 0.2) is 82.6 Å². The number of alkyl halides is 3. The number of amides is 3. The second kappa shape index (κ2) is 14.4. The number of nitrogens with one attached hydrogen (secondary N) is 1. The lowest BCUT2D eigenvalue weighted by Crippen LogP contribution is -2.33. The van der Waals surface area contributed by atoms with Crippen LogP contribution in [-0.2, 0) is 31.8 Å². The third kappa shape index (κ3) is 6.79. The molecule has 6 rings (SSSR count). The molecule has 1 fully saturated rings.